The first-order valence-electron chi connectivity index (χ1n) is 6.65. The number of hydrogen-bond acceptors (Lipinski definition) is 3. The highest BCUT2D eigenvalue weighted by molar-refractivity contribution is 5.00. The van der Waals surface area contributed by atoms with Gasteiger partial charge in [0.25, 0.3) is 0 Å². The third kappa shape index (κ3) is 3.30. The van der Waals surface area contributed by atoms with E-state index in [1.165, 1.54) is 18.5 Å². The van der Waals surface area contributed by atoms with Gasteiger partial charge in [0.2, 0.25) is 0 Å². The molecule has 2 unspecified atom stereocenters. The summed E-state index contributed by atoms with van der Waals surface area (Å²) in [4.78, 5) is 2.58. The Labute approximate surface area is 104 Å². The fourth-order valence-corrected chi connectivity index (χ4v) is 2.60. The van der Waals surface area contributed by atoms with E-state index in [2.05, 4.69) is 35.2 Å². The molecule has 17 heavy (non-hydrogen) atoms. The van der Waals surface area contributed by atoms with Crippen molar-refractivity contribution in [2.75, 3.05) is 13.1 Å². The van der Waals surface area contributed by atoms with Gasteiger partial charge in [-0.25, -0.2) is 0 Å². The Bertz CT molecular complexity index is 347. The summed E-state index contributed by atoms with van der Waals surface area (Å²) in [6.07, 6.45) is 4.54. The van der Waals surface area contributed by atoms with Gasteiger partial charge in [0.15, 0.2) is 0 Å². The molecule has 0 bridgehead atoms. The summed E-state index contributed by atoms with van der Waals surface area (Å²) in [6, 6.07) is 3.38. The number of piperazine rings is 1. The Morgan fingerprint density at radius 3 is 3.00 bits per heavy atom. The van der Waals surface area contributed by atoms with Crippen molar-refractivity contribution in [2.24, 2.45) is 7.05 Å². The third-order valence-electron chi connectivity index (χ3n) is 3.48. The zero-order valence-corrected chi connectivity index (χ0v) is 11.2. The summed E-state index contributed by atoms with van der Waals surface area (Å²) in [7, 11) is 1.98. The maximum atomic E-state index is 4.48. The van der Waals surface area contributed by atoms with E-state index in [4.69, 9.17) is 0 Å². The highest BCUT2D eigenvalue weighted by Gasteiger charge is 2.25. The molecule has 1 aliphatic rings. The molecule has 0 aromatic carbocycles. The van der Waals surface area contributed by atoms with E-state index in [0.29, 0.717) is 12.1 Å². The van der Waals surface area contributed by atoms with E-state index in [1.54, 1.807) is 0 Å². The summed E-state index contributed by atoms with van der Waals surface area (Å²) < 4.78 is 1.88. The molecule has 2 heterocycles. The maximum absolute atomic E-state index is 4.48. The molecule has 1 fully saturated rings. The van der Waals surface area contributed by atoms with Crippen LogP contribution in [0.25, 0.3) is 0 Å². The molecule has 0 radical (unpaired) electrons. The Morgan fingerprint density at radius 2 is 2.35 bits per heavy atom. The predicted molar refractivity (Wildman–Crippen MR) is 69.8 cm³/mol. The average molecular weight is 236 g/mol. The SMILES string of the molecule is CCCC1CNC(C)CN1Cc1ccn(C)n1. The van der Waals surface area contributed by atoms with Crippen molar-refractivity contribution < 1.29 is 0 Å². The lowest BCUT2D eigenvalue weighted by atomic mass is 10.1. The van der Waals surface area contributed by atoms with Gasteiger partial charge in [-0.3, -0.25) is 9.58 Å². The average Bonchev–Trinajstić information content (AvgIpc) is 2.68. The van der Waals surface area contributed by atoms with Crippen LogP contribution < -0.4 is 5.32 Å². The van der Waals surface area contributed by atoms with E-state index in [0.717, 1.165) is 19.6 Å². The van der Waals surface area contributed by atoms with Gasteiger partial charge in [-0.2, -0.15) is 5.10 Å². The zero-order valence-electron chi connectivity index (χ0n) is 11.2. The molecule has 2 rings (SSSR count). The number of aryl methyl sites for hydroxylation is 1. The largest absolute Gasteiger partial charge is 0.311 e. The minimum atomic E-state index is 0.590. The molecule has 0 saturated carbocycles. The molecule has 0 amide bonds. The molecular formula is C13H24N4. The summed E-state index contributed by atoms with van der Waals surface area (Å²) >= 11 is 0. The van der Waals surface area contributed by atoms with Crippen LogP contribution in [-0.2, 0) is 13.6 Å². The first kappa shape index (κ1) is 12.6. The lowest BCUT2D eigenvalue weighted by Gasteiger charge is -2.39. The first-order chi connectivity index (χ1) is 8.19. The molecule has 1 aromatic rings. The molecule has 1 aliphatic heterocycles. The van der Waals surface area contributed by atoms with Crippen LogP contribution >= 0.6 is 0 Å². The van der Waals surface area contributed by atoms with Crippen LogP contribution in [0.4, 0.5) is 0 Å². The number of hydrogen-bond donors (Lipinski definition) is 1. The topological polar surface area (TPSA) is 33.1 Å². The van der Waals surface area contributed by atoms with Crippen molar-refractivity contribution in [1.82, 2.24) is 20.0 Å². The third-order valence-corrected chi connectivity index (χ3v) is 3.48. The molecule has 1 aromatic heterocycles. The van der Waals surface area contributed by atoms with E-state index in [-0.39, 0.29) is 0 Å². The molecule has 2 atom stereocenters. The quantitative estimate of drug-likeness (QED) is 0.857. The Hall–Kier alpha value is -0.870. The van der Waals surface area contributed by atoms with Gasteiger partial charge in [-0.15, -0.1) is 0 Å². The first-order valence-corrected chi connectivity index (χ1v) is 6.65. The van der Waals surface area contributed by atoms with Crippen molar-refractivity contribution in [2.45, 2.75) is 45.3 Å². The Kier molecular flexibility index (Phi) is 4.18. The Morgan fingerprint density at radius 1 is 1.53 bits per heavy atom. The summed E-state index contributed by atoms with van der Waals surface area (Å²) in [5.74, 6) is 0. The number of nitrogens with one attached hydrogen (secondary N) is 1. The van der Waals surface area contributed by atoms with Crippen molar-refractivity contribution in [3.8, 4) is 0 Å². The van der Waals surface area contributed by atoms with E-state index in [9.17, 15) is 0 Å². The van der Waals surface area contributed by atoms with Crippen molar-refractivity contribution in [3.63, 3.8) is 0 Å². The number of aromatic nitrogens is 2. The minimum absolute atomic E-state index is 0.590. The second kappa shape index (κ2) is 5.65. The smallest absolute Gasteiger partial charge is 0.0764 e. The van der Waals surface area contributed by atoms with Gasteiger partial charge in [-0.1, -0.05) is 13.3 Å². The van der Waals surface area contributed by atoms with Crippen LogP contribution in [0.3, 0.4) is 0 Å². The van der Waals surface area contributed by atoms with Crippen LogP contribution in [0.15, 0.2) is 12.3 Å². The maximum Gasteiger partial charge on any atom is 0.0764 e. The second-order valence-corrected chi connectivity index (χ2v) is 5.16. The van der Waals surface area contributed by atoms with Gasteiger partial charge in [0.1, 0.15) is 0 Å². The van der Waals surface area contributed by atoms with Gasteiger partial charge in [0, 0.05) is 45.0 Å². The normalized spacial score (nSPS) is 26.3. The van der Waals surface area contributed by atoms with Crippen molar-refractivity contribution in [1.29, 1.82) is 0 Å². The van der Waals surface area contributed by atoms with Gasteiger partial charge >= 0.3 is 0 Å². The van der Waals surface area contributed by atoms with E-state index < -0.39 is 0 Å². The summed E-state index contributed by atoms with van der Waals surface area (Å²) in [5, 5.41) is 8.05. The second-order valence-electron chi connectivity index (χ2n) is 5.16. The molecule has 0 spiro atoms. The highest BCUT2D eigenvalue weighted by Crippen LogP contribution is 2.15. The van der Waals surface area contributed by atoms with Crippen LogP contribution in [0.2, 0.25) is 0 Å². The number of rotatable bonds is 4. The standard InChI is InChI=1S/C13H24N4/c1-4-5-13-8-14-11(2)9-17(13)10-12-6-7-16(3)15-12/h6-7,11,13-14H,4-5,8-10H2,1-3H3. The molecule has 4 nitrogen and oxygen atoms in total. The van der Waals surface area contributed by atoms with Crippen LogP contribution in [-0.4, -0.2) is 39.9 Å². The summed E-state index contributed by atoms with van der Waals surface area (Å²) in [6.45, 7) is 7.74. The zero-order chi connectivity index (χ0) is 12.3. The molecule has 4 heteroatoms. The molecule has 1 saturated heterocycles. The van der Waals surface area contributed by atoms with Crippen LogP contribution in [0.1, 0.15) is 32.4 Å². The van der Waals surface area contributed by atoms with Gasteiger partial charge in [-0.05, 0) is 19.4 Å². The monoisotopic (exact) mass is 236 g/mol. The fraction of sp³-hybridized carbons (Fsp3) is 0.769. The van der Waals surface area contributed by atoms with Crippen LogP contribution in [0.5, 0.6) is 0 Å². The highest BCUT2D eigenvalue weighted by atomic mass is 15.3. The predicted octanol–water partition coefficient (Wildman–Crippen LogP) is 1.38. The van der Waals surface area contributed by atoms with E-state index in [1.807, 2.05) is 17.9 Å². The molecule has 0 aliphatic carbocycles. The fourth-order valence-electron chi connectivity index (χ4n) is 2.60. The molecule has 96 valence electrons. The lowest BCUT2D eigenvalue weighted by Crippen LogP contribution is -2.54. The summed E-state index contributed by atoms with van der Waals surface area (Å²) in [5.41, 5.74) is 1.18. The van der Waals surface area contributed by atoms with Crippen molar-refractivity contribution >= 4 is 0 Å². The lowest BCUT2D eigenvalue weighted by molar-refractivity contribution is 0.118. The molecular weight excluding hydrogens is 212 g/mol. The van der Waals surface area contributed by atoms with Crippen molar-refractivity contribution in [3.05, 3.63) is 18.0 Å². The minimum Gasteiger partial charge on any atom is -0.311 e. The van der Waals surface area contributed by atoms with Gasteiger partial charge < -0.3 is 5.32 Å². The Balaban J connectivity index is 1.99. The van der Waals surface area contributed by atoms with E-state index >= 15 is 0 Å². The van der Waals surface area contributed by atoms with Gasteiger partial charge in [0.05, 0.1) is 5.69 Å². The number of nitrogens with zero attached hydrogens (tertiary/aromatic N) is 3. The molecule has 1 N–H and O–H groups in total. The van der Waals surface area contributed by atoms with Crippen LogP contribution in [0, 0.1) is 0 Å².